The number of esters is 1. The molecule has 5 nitrogen and oxygen atoms in total. The Hall–Kier alpha value is -3.33. The molecule has 2 aromatic rings. The first-order valence-corrected chi connectivity index (χ1v) is 6.96. The predicted octanol–water partition coefficient (Wildman–Crippen LogP) is 3.89. The fraction of sp³-hybridized carbons (Fsp3) is 0.111. The lowest BCUT2D eigenvalue weighted by Gasteiger charge is -2.06. The maximum atomic E-state index is 12.9. The minimum absolute atomic E-state index is 0.122. The fourth-order valence-electron chi connectivity index (χ4n) is 1.96. The third-order valence-electron chi connectivity index (χ3n) is 3.17. The number of rotatable bonds is 5. The summed E-state index contributed by atoms with van der Waals surface area (Å²) < 4.78 is 17.6. The Morgan fingerprint density at radius 3 is 2.46 bits per heavy atom. The quantitative estimate of drug-likeness (QED) is 0.363. The smallest absolute Gasteiger partial charge is 0.352 e. The molecule has 2 aromatic carbocycles. The number of Topliss-reactive ketones (excluding diaryl/α,β-unsaturated/α-hetero) is 1. The van der Waals surface area contributed by atoms with Crippen molar-refractivity contribution in [2.75, 3.05) is 7.11 Å². The molecule has 0 aliphatic carbocycles. The molecule has 0 amide bonds. The van der Waals surface area contributed by atoms with Crippen LogP contribution >= 0.6 is 0 Å². The van der Waals surface area contributed by atoms with Crippen LogP contribution in [0.1, 0.15) is 16.8 Å². The summed E-state index contributed by atoms with van der Waals surface area (Å²) in [6.07, 6.45) is -0.315. The van der Waals surface area contributed by atoms with Gasteiger partial charge in [-0.3, -0.25) is 9.79 Å². The van der Waals surface area contributed by atoms with Gasteiger partial charge in [0.15, 0.2) is 5.78 Å². The summed E-state index contributed by atoms with van der Waals surface area (Å²) in [5.41, 5.74) is 0.669. The lowest BCUT2D eigenvalue weighted by atomic mass is 10.1. The van der Waals surface area contributed by atoms with Crippen molar-refractivity contribution < 1.29 is 18.7 Å². The van der Waals surface area contributed by atoms with Crippen LogP contribution in [0.15, 0.2) is 53.5 Å². The van der Waals surface area contributed by atoms with Crippen LogP contribution in [0, 0.1) is 12.4 Å². The first kappa shape index (κ1) is 17.0. The van der Waals surface area contributed by atoms with Gasteiger partial charge < -0.3 is 4.74 Å². The number of halogens is 1. The number of hydrogen-bond acceptors (Lipinski definition) is 4. The number of carbonyl (C=O) groups excluding carboxylic acids is 2. The van der Waals surface area contributed by atoms with E-state index in [1.165, 1.54) is 19.2 Å². The van der Waals surface area contributed by atoms with E-state index in [0.717, 1.165) is 12.1 Å². The third kappa shape index (κ3) is 4.11. The zero-order valence-corrected chi connectivity index (χ0v) is 12.8. The van der Waals surface area contributed by atoms with Gasteiger partial charge in [0.25, 0.3) is 0 Å². The van der Waals surface area contributed by atoms with E-state index in [1.807, 2.05) is 0 Å². The number of aliphatic imine (C=N–C) groups is 1. The number of ether oxygens (including phenoxy) is 1. The molecule has 0 saturated heterocycles. The van der Waals surface area contributed by atoms with Crippen LogP contribution in [0.2, 0.25) is 0 Å². The Labute approximate surface area is 138 Å². The number of methoxy groups -OCH3 is 1. The van der Waals surface area contributed by atoms with E-state index in [0.29, 0.717) is 0 Å². The Morgan fingerprint density at radius 2 is 1.83 bits per heavy atom. The van der Waals surface area contributed by atoms with Gasteiger partial charge in [-0.25, -0.2) is 14.0 Å². The van der Waals surface area contributed by atoms with Gasteiger partial charge in [-0.15, -0.1) is 0 Å². The van der Waals surface area contributed by atoms with E-state index in [-0.39, 0.29) is 29.1 Å². The van der Waals surface area contributed by atoms with Gasteiger partial charge in [-0.1, -0.05) is 18.2 Å². The van der Waals surface area contributed by atoms with Crippen molar-refractivity contribution in [3.05, 3.63) is 71.3 Å². The summed E-state index contributed by atoms with van der Waals surface area (Å²) in [5, 5.41) is 0. The molecule has 24 heavy (non-hydrogen) atoms. The standard InChI is InChI=1S/C18H13FN2O3/c1-20-14-5-3-4-6-15(14)21-16(18(23)24-2)11-17(22)12-7-9-13(19)10-8-12/h3-10H,11H2,2H3. The average Bonchev–Trinajstić information content (AvgIpc) is 2.61. The van der Waals surface area contributed by atoms with Crippen LogP contribution in [-0.2, 0) is 9.53 Å². The second-order valence-corrected chi connectivity index (χ2v) is 4.76. The molecule has 0 atom stereocenters. The van der Waals surface area contributed by atoms with Crippen molar-refractivity contribution in [3.63, 3.8) is 0 Å². The molecule has 2 rings (SSSR count). The zero-order valence-electron chi connectivity index (χ0n) is 12.8. The number of benzene rings is 2. The van der Waals surface area contributed by atoms with Crippen LogP contribution in [0.4, 0.5) is 15.8 Å². The lowest BCUT2D eigenvalue weighted by Crippen LogP contribution is -2.19. The second kappa shape index (κ2) is 7.79. The van der Waals surface area contributed by atoms with E-state index in [9.17, 15) is 14.0 Å². The van der Waals surface area contributed by atoms with Gasteiger partial charge in [0.2, 0.25) is 5.69 Å². The molecular formula is C18H13FN2O3. The molecule has 0 fully saturated rings. The molecule has 0 N–H and O–H groups in total. The highest BCUT2D eigenvalue weighted by molar-refractivity contribution is 6.41. The largest absolute Gasteiger partial charge is 0.465 e. The normalized spacial score (nSPS) is 10.8. The van der Waals surface area contributed by atoms with E-state index in [2.05, 4.69) is 14.6 Å². The van der Waals surface area contributed by atoms with Gasteiger partial charge >= 0.3 is 5.97 Å². The maximum Gasteiger partial charge on any atom is 0.352 e. The molecule has 0 radical (unpaired) electrons. The first-order valence-electron chi connectivity index (χ1n) is 6.96. The molecule has 6 heteroatoms. The Kier molecular flexibility index (Phi) is 5.53. The Balaban J connectivity index is 2.34. The van der Waals surface area contributed by atoms with Crippen LogP contribution in [0.3, 0.4) is 0 Å². The van der Waals surface area contributed by atoms with E-state index < -0.39 is 17.6 Å². The van der Waals surface area contributed by atoms with Crippen molar-refractivity contribution in [2.24, 2.45) is 4.99 Å². The van der Waals surface area contributed by atoms with Gasteiger partial charge in [-0.2, -0.15) is 0 Å². The summed E-state index contributed by atoms with van der Waals surface area (Å²) in [6.45, 7) is 7.11. The van der Waals surface area contributed by atoms with Crippen molar-refractivity contribution in [1.29, 1.82) is 0 Å². The van der Waals surface area contributed by atoms with Crippen molar-refractivity contribution >= 4 is 28.8 Å². The van der Waals surface area contributed by atoms with Crippen molar-refractivity contribution in [1.82, 2.24) is 0 Å². The highest BCUT2D eigenvalue weighted by atomic mass is 19.1. The number of ketones is 1. The highest BCUT2D eigenvalue weighted by Gasteiger charge is 2.18. The topological polar surface area (TPSA) is 60.1 Å². The molecule has 120 valence electrons. The van der Waals surface area contributed by atoms with Crippen LogP contribution in [0.25, 0.3) is 4.85 Å². The van der Waals surface area contributed by atoms with Gasteiger partial charge in [0.05, 0.1) is 25.8 Å². The fourth-order valence-corrected chi connectivity index (χ4v) is 1.96. The van der Waals surface area contributed by atoms with Crippen molar-refractivity contribution in [3.8, 4) is 0 Å². The summed E-state index contributed by atoms with van der Waals surface area (Å²) in [7, 11) is 1.18. The SMILES string of the molecule is [C-]#[N+]c1ccccc1N=C(CC(=O)c1ccc(F)cc1)C(=O)OC. The van der Waals surface area contributed by atoms with Gasteiger partial charge in [0, 0.05) is 5.56 Å². The minimum atomic E-state index is -0.759. The van der Waals surface area contributed by atoms with Gasteiger partial charge in [0.1, 0.15) is 11.5 Å². The molecule has 0 aromatic heterocycles. The molecule has 0 bridgehead atoms. The predicted molar refractivity (Wildman–Crippen MR) is 87.2 cm³/mol. The monoisotopic (exact) mass is 324 g/mol. The average molecular weight is 324 g/mol. The van der Waals surface area contributed by atoms with E-state index in [1.54, 1.807) is 24.3 Å². The Bertz CT molecular complexity index is 836. The third-order valence-corrected chi connectivity index (χ3v) is 3.17. The van der Waals surface area contributed by atoms with Crippen LogP contribution < -0.4 is 0 Å². The molecule has 0 unspecified atom stereocenters. The molecule has 0 aliphatic heterocycles. The summed E-state index contributed by atoms with van der Waals surface area (Å²) in [6, 6.07) is 11.5. The minimum Gasteiger partial charge on any atom is -0.465 e. The van der Waals surface area contributed by atoms with E-state index >= 15 is 0 Å². The highest BCUT2D eigenvalue weighted by Crippen LogP contribution is 2.27. The number of carbonyl (C=O) groups is 2. The molecule has 0 saturated carbocycles. The molecular weight excluding hydrogens is 311 g/mol. The van der Waals surface area contributed by atoms with E-state index in [4.69, 9.17) is 6.57 Å². The number of hydrogen-bond donors (Lipinski definition) is 0. The second-order valence-electron chi connectivity index (χ2n) is 4.76. The number of nitrogens with zero attached hydrogens (tertiary/aromatic N) is 2. The summed E-state index contributed by atoms with van der Waals surface area (Å²) in [5.74, 6) is -1.62. The lowest BCUT2D eigenvalue weighted by molar-refractivity contribution is -0.132. The first-order chi connectivity index (χ1) is 11.5. The maximum absolute atomic E-state index is 12.9. The van der Waals surface area contributed by atoms with Crippen LogP contribution in [-0.4, -0.2) is 24.6 Å². The van der Waals surface area contributed by atoms with Crippen LogP contribution in [0.5, 0.6) is 0 Å². The molecule has 0 heterocycles. The Morgan fingerprint density at radius 1 is 1.17 bits per heavy atom. The van der Waals surface area contributed by atoms with Gasteiger partial charge in [-0.05, 0) is 30.3 Å². The van der Waals surface area contributed by atoms with Crippen molar-refractivity contribution in [2.45, 2.75) is 6.42 Å². The summed E-state index contributed by atoms with van der Waals surface area (Å²) >= 11 is 0. The molecule has 0 aliphatic rings. The summed E-state index contributed by atoms with van der Waals surface area (Å²) in [4.78, 5) is 31.6. The molecule has 0 spiro atoms. The number of para-hydroxylation sites is 2. The zero-order chi connectivity index (χ0) is 17.5.